The second kappa shape index (κ2) is 26.2. The van der Waals surface area contributed by atoms with Crippen molar-refractivity contribution < 1.29 is 41.1 Å². The van der Waals surface area contributed by atoms with Crippen LogP contribution in [-0.2, 0) is 34.4 Å². The number of benzene rings is 2. The molecule has 4 saturated heterocycles. The van der Waals surface area contributed by atoms with Gasteiger partial charge >= 0.3 is 12.1 Å². The predicted molar refractivity (Wildman–Crippen MR) is 315 cm³/mol. The van der Waals surface area contributed by atoms with Crippen molar-refractivity contribution in [3.05, 3.63) is 117 Å². The Morgan fingerprint density at radius 1 is 0.732 bits per heavy atom. The molecule has 8 heterocycles. The minimum Gasteiger partial charge on any atom is -0.480 e. The van der Waals surface area contributed by atoms with Crippen LogP contribution in [0.25, 0.3) is 11.3 Å². The first kappa shape index (κ1) is 61.9. The van der Waals surface area contributed by atoms with Crippen LogP contribution >= 0.6 is 23.2 Å². The van der Waals surface area contributed by atoms with Crippen molar-refractivity contribution in [1.29, 1.82) is 0 Å². The van der Waals surface area contributed by atoms with Crippen molar-refractivity contribution in [3.63, 3.8) is 0 Å². The molecule has 6 atom stereocenters. The van der Waals surface area contributed by atoms with Gasteiger partial charge in [-0.05, 0) is 109 Å². The molecule has 4 aliphatic rings. The molecule has 10 rings (SSSR count). The smallest absolute Gasteiger partial charge is 0.407 e. The molecule has 27 heteroatoms. The lowest BCUT2D eigenvalue weighted by Gasteiger charge is -2.37. The second-order valence-corrected chi connectivity index (χ2v) is 26.8. The normalized spacial score (nSPS) is 20.4. The number of anilines is 2. The number of ether oxygens (including phenoxy) is 1. The van der Waals surface area contributed by atoms with Gasteiger partial charge in [0.1, 0.15) is 29.3 Å². The number of carbonyl (C=O) groups is 3. The first-order chi connectivity index (χ1) is 38.7. The van der Waals surface area contributed by atoms with Gasteiger partial charge < -0.3 is 40.9 Å². The van der Waals surface area contributed by atoms with Crippen LogP contribution in [0.4, 0.5) is 16.4 Å². The van der Waals surface area contributed by atoms with E-state index in [1.165, 1.54) is 25.0 Å². The Hall–Kier alpha value is -6.19. The molecule has 0 saturated carbocycles. The van der Waals surface area contributed by atoms with Gasteiger partial charge in [-0.15, -0.1) is 0 Å². The molecule has 2 amide bonds. The number of likely N-dealkylation sites (tertiary alicyclic amines) is 1. The number of piperidine rings is 2. The van der Waals surface area contributed by atoms with Crippen molar-refractivity contribution in [2.75, 3.05) is 61.6 Å². The Morgan fingerprint density at radius 3 is 1.80 bits per heavy atom. The zero-order chi connectivity index (χ0) is 59.3. The molecule has 7 N–H and O–H groups in total. The highest BCUT2D eigenvalue weighted by Gasteiger charge is 2.37. The maximum Gasteiger partial charge on any atom is 0.407 e. The van der Waals surface area contributed by atoms with E-state index >= 15 is 0 Å². The third kappa shape index (κ3) is 16.1. The predicted octanol–water partition coefficient (Wildman–Crippen LogP) is 6.54. The van der Waals surface area contributed by atoms with Crippen molar-refractivity contribution in [1.82, 2.24) is 54.2 Å². The fourth-order valence-electron chi connectivity index (χ4n) is 10.6. The summed E-state index contributed by atoms with van der Waals surface area (Å²) < 4.78 is 60.0. The fourth-order valence-corrected chi connectivity index (χ4v) is 12.5. The molecule has 4 aromatic heterocycles. The molecule has 444 valence electrons. The lowest BCUT2D eigenvalue weighted by molar-refractivity contribution is -0.139. The van der Waals surface area contributed by atoms with Crippen LogP contribution in [0.2, 0.25) is 10.0 Å². The molecule has 0 spiro atoms. The second-order valence-electron chi connectivity index (χ2n) is 22.4. The average molecular weight is 1210 g/mol. The number of alkyl carbamates (subject to hydrolysis) is 1. The van der Waals surface area contributed by atoms with Gasteiger partial charge in [0.05, 0.1) is 42.0 Å². The van der Waals surface area contributed by atoms with Gasteiger partial charge in [0, 0.05) is 84.5 Å². The number of carboxylic acids is 1. The maximum absolute atomic E-state index is 13.9. The summed E-state index contributed by atoms with van der Waals surface area (Å²) >= 11 is 12.2. The number of halogens is 2. The number of sulfonamides is 2. The number of hydrogen-bond donors (Lipinski definition) is 6. The van der Waals surface area contributed by atoms with Gasteiger partial charge in [0.15, 0.2) is 11.3 Å². The van der Waals surface area contributed by atoms with Gasteiger partial charge in [0.2, 0.25) is 26.0 Å². The van der Waals surface area contributed by atoms with E-state index < -0.39 is 43.7 Å². The molecular weight excluding hydrogens is 1140 g/mol. The highest BCUT2D eigenvalue weighted by atomic mass is 35.5. The van der Waals surface area contributed by atoms with E-state index in [1.807, 2.05) is 49.2 Å². The number of nitrogens with one attached hydrogen (secondary N) is 4. The number of aliphatic carboxylic acids is 1. The molecule has 6 aromatic rings. The summed E-state index contributed by atoms with van der Waals surface area (Å²) in [5.74, 6) is 0.211. The zero-order valence-electron chi connectivity index (χ0n) is 47.2. The SMILES string of the molecule is CS(=O)(=O)NC(C(=O)O)c1ccccc1Cl.Cc1cn2nc([C@@H]3CCCCN3)cc2nc1N1CC[C@H](NC(=O)OC(C)(C)C)C1.Cc1cn2nc([C@@H]3CCCCN3C(=O)C(NS(C)(=O)=O)c3ccccc3Cl)cc2nc1N1CC[C@H](N)C1. The number of carbonyl (C=O) groups excluding carboxylic acids is 2. The van der Waals surface area contributed by atoms with E-state index in [0.717, 1.165) is 124 Å². The summed E-state index contributed by atoms with van der Waals surface area (Å²) in [6.07, 6.45) is 13.5. The topological polar surface area (TPSA) is 293 Å². The zero-order valence-corrected chi connectivity index (χ0v) is 50.3. The highest BCUT2D eigenvalue weighted by molar-refractivity contribution is 7.89. The van der Waals surface area contributed by atoms with Gasteiger partial charge in [0.25, 0.3) is 0 Å². The Balaban J connectivity index is 0.000000174. The van der Waals surface area contributed by atoms with Crippen molar-refractivity contribution in [3.8, 4) is 0 Å². The Labute approximate surface area is 488 Å². The van der Waals surface area contributed by atoms with Crippen LogP contribution in [0.15, 0.2) is 73.1 Å². The molecule has 0 bridgehead atoms. The number of fused-ring (bicyclic) bond motifs is 2. The van der Waals surface area contributed by atoms with E-state index in [0.29, 0.717) is 28.8 Å². The Bertz CT molecular complexity index is 3500. The summed E-state index contributed by atoms with van der Waals surface area (Å²) in [4.78, 5) is 52.9. The van der Waals surface area contributed by atoms with E-state index in [-0.39, 0.29) is 40.7 Å². The standard InChI is InChI=1S/C25H32ClN7O3S.C21H32N6O2.C9H10ClNO4S/c1-16-14-33-22(28-24(16)31-12-10-17(27)15-31)13-20(29-33)21-9-5-6-11-32(21)25(34)23(30-37(2,35)36)18-7-3-4-8-19(18)26;1-14-12-27-18(11-17(25-27)16-7-5-6-9-22-16)24-19(14)26-10-8-15(13-26)23-20(28)29-21(2,3)4;1-16(14,15)11-8(9(12)13)6-4-2-3-5-7(6)10/h3-4,7-8,13-14,17,21,23,30H,5-6,9-12,15,27H2,1-2H3;11-12,15-16,22H,5-10,13H2,1-4H3,(H,23,28);2-5,8,11H,1H3,(H,12,13)/t17-,21-,23?;15-,16-;/m00./s1. The lowest BCUT2D eigenvalue weighted by atomic mass is 9.97. The molecule has 0 radical (unpaired) electrons. The van der Waals surface area contributed by atoms with Gasteiger partial charge in [-0.1, -0.05) is 66.0 Å². The Morgan fingerprint density at radius 2 is 1.27 bits per heavy atom. The molecular formula is C55H74Cl2N14O9S2. The first-order valence-electron chi connectivity index (χ1n) is 27.4. The van der Waals surface area contributed by atoms with Gasteiger partial charge in [-0.2, -0.15) is 19.6 Å². The average Bonchev–Trinajstić information content (AvgIpc) is 4.26. The molecule has 23 nitrogen and oxygen atoms in total. The minimum absolute atomic E-state index is 0.0641. The van der Waals surface area contributed by atoms with Crippen LogP contribution < -0.4 is 35.6 Å². The van der Waals surface area contributed by atoms with Crippen LogP contribution in [0.3, 0.4) is 0 Å². The van der Waals surface area contributed by atoms with Crippen LogP contribution in [0.5, 0.6) is 0 Å². The highest BCUT2D eigenvalue weighted by Crippen LogP contribution is 2.36. The van der Waals surface area contributed by atoms with Crippen LogP contribution in [-0.4, -0.2) is 143 Å². The quantitative estimate of drug-likeness (QED) is 0.0715. The monoisotopic (exact) mass is 1210 g/mol. The van der Waals surface area contributed by atoms with E-state index in [1.54, 1.807) is 45.8 Å². The third-order valence-corrected chi connectivity index (χ3v) is 16.4. The van der Waals surface area contributed by atoms with E-state index in [9.17, 15) is 31.2 Å². The van der Waals surface area contributed by atoms with Gasteiger partial charge in [-0.3, -0.25) is 9.59 Å². The molecule has 4 aliphatic heterocycles. The van der Waals surface area contributed by atoms with E-state index in [2.05, 4.69) is 44.3 Å². The Kier molecular flexibility index (Phi) is 19.7. The number of aryl methyl sites for hydroxylation is 2. The van der Waals surface area contributed by atoms with Crippen molar-refractivity contribution in [2.45, 2.75) is 128 Å². The summed E-state index contributed by atoms with van der Waals surface area (Å²) in [5, 5.41) is 25.5. The third-order valence-electron chi connectivity index (χ3n) is 14.4. The summed E-state index contributed by atoms with van der Waals surface area (Å²) in [5.41, 5.74) is 11.7. The molecule has 0 aliphatic carbocycles. The molecule has 4 fully saturated rings. The lowest BCUT2D eigenvalue weighted by Crippen LogP contribution is -2.46. The largest absolute Gasteiger partial charge is 0.480 e. The van der Waals surface area contributed by atoms with Crippen molar-refractivity contribution >= 4 is 84.1 Å². The molecule has 2 aromatic carbocycles. The van der Waals surface area contributed by atoms with Crippen molar-refractivity contribution in [2.24, 2.45) is 5.73 Å². The molecule has 82 heavy (non-hydrogen) atoms. The number of carboxylic acid groups (broad SMARTS) is 1. The summed E-state index contributed by atoms with van der Waals surface area (Å²) in [6.45, 7) is 14.5. The number of nitrogens with zero attached hydrogens (tertiary/aromatic N) is 9. The number of nitrogens with two attached hydrogens (primary N) is 1. The summed E-state index contributed by atoms with van der Waals surface area (Å²) in [6, 6.07) is 14.7. The number of rotatable bonds is 13. The first-order valence-corrected chi connectivity index (χ1v) is 31.9. The number of aromatic nitrogens is 6. The fraction of sp³-hybridized carbons (Fsp3) is 0.509. The van der Waals surface area contributed by atoms with Gasteiger partial charge in [-0.25, -0.2) is 40.6 Å². The van der Waals surface area contributed by atoms with Crippen LogP contribution in [0, 0.1) is 13.8 Å². The van der Waals surface area contributed by atoms with Crippen LogP contribution in [0.1, 0.15) is 130 Å². The minimum atomic E-state index is -3.70. The maximum atomic E-state index is 13.9. The van der Waals surface area contributed by atoms with E-state index in [4.69, 9.17) is 58.9 Å². The number of hydrogen-bond acceptors (Lipinski definition) is 16. The summed E-state index contributed by atoms with van der Waals surface area (Å²) in [7, 11) is -7.32. The molecule has 2 unspecified atom stereocenters. The number of amides is 2.